The predicted octanol–water partition coefficient (Wildman–Crippen LogP) is 4.26. The van der Waals surface area contributed by atoms with Gasteiger partial charge in [0.2, 0.25) is 0 Å². The Hall–Kier alpha value is -0.550. The molecule has 0 aromatic heterocycles. The molecule has 0 atom stereocenters. The van der Waals surface area contributed by atoms with E-state index >= 15 is 0 Å². The molecule has 0 unspecified atom stereocenters. The van der Waals surface area contributed by atoms with Gasteiger partial charge in [-0.25, -0.2) is 0 Å². The molecule has 0 aromatic carbocycles. The van der Waals surface area contributed by atoms with E-state index in [0.717, 1.165) is 0 Å². The van der Waals surface area contributed by atoms with Gasteiger partial charge < -0.3 is 15.3 Å². The van der Waals surface area contributed by atoms with Crippen molar-refractivity contribution in [2.75, 3.05) is 0 Å². The zero-order valence-electron chi connectivity index (χ0n) is 19.8. The Balaban J connectivity index is -0.000000312. The Morgan fingerprint density at radius 1 is 0.828 bits per heavy atom. The first-order chi connectivity index (χ1) is 13.0. The molecular weight excluding hydrogens is 527 g/mol. The SMILES string of the molecule is C=CCC(C)(C)[O-].C=CCC(C)(C)[O-].C=CCC(C)(C)[O-].CCC1=[C]([Hf+3])CC=C1. The second-order valence-corrected chi connectivity index (χ2v) is 10.9. The summed E-state index contributed by atoms with van der Waals surface area (Å²) in [5, 5.41) is 31.9. The van der Waals surface area contributed by atoms with Crippen LogP contribution in [0.5, 0.6) is 0 Å². The average molecular weight is 569 g/mol. The van der Waals surface area contributed by atoms with Crippen LogP contribution < -0.4 is 15.3 Å². The van der Waals surface area contributed by atoms with E-state index in [0.29, 0.717) is 19.3 Å². The van der Waals surface area contributed by atoms with Crippen molar-refractivity contribution in [3.8, 4) is 0 Å². The van der Waals surface area contributed by atoms with E-state index in [-0.39, 0.29) is 0 Å². The fraction of sp³-hybridized carbons (Fsp3) is 0.600. The predicted molar refractivity (Wildman–Crippen MR) is 118 cm³/mol. The van der Waals surface area contributed by atoms with Crippen molar-refractivity contribution in [2.45, 2.75) is 97.4 Å². The molecule has 164 valence electrons. The Morgan fingerprint density at radius 3 is 1.21 bits per heavy atom. The Kier molecular flexibility index (Phi) is 19.6. The molecular formula is C25H42HfO3. The summed E-state index contributed by atoms with van der Waals surface area (Å²) in [7, 11) is 0. The third-order valence-corrected chi connectivity index (χ3v) is 5.20. The first-order valence-electron chi connectivity index (χ1n) is 10.1. The summed E-state index contributed by atoms with van der Waals surface area (Å²) in [6, 6.07) is 0. The van der Waals surface area contributed by atoms with Crippen molar-refractivity contribution in [3.05, 3.63) is 59.0 Å². The van der Waals surface area contributed by atoms with Crippen LogP contribution in [-0.2, 0) is 24.4 Å². The van der Waals surface area contributed by atoms with Gasteiger partial charge in [0.25, 0.3) is 0 Å². The maximum atomic E-state index is 10.6. The number of rotatable bonds is 7. The van der Waals surface area contributed by atoms with Crippen LogP contribution in [0.2, 0.25) is 0 Å². The van der Waals surface area contributed by atoms with Gasteiger partial charge in [-0.2, -0.15) is 0 Å². The molecule has 0 saturated carbocycles. The molecule has 0 aliphatic heterocycles. The van der Waals surface area contributed by atoms with Crippen LogP contribution in [0, 0.1) is 0 Å². The summed E-state index contributed by atoms with van der Waals surface area (Å²) in [6.45, 7) is 22.4. The molecule has 1 aliphatic rings. The Morgan fingerprint density at radius 2 is 1.14 bits per heavy atom. The Bertz CT molecular complexity index is 462. The van der Waals surface area contributed by atoms with Crippen molar-refractivity contribution in [1.82, 2.24) is 0 Å². The molecule has 0 aromatic rings. The van der Waals surface area contributed by atoms with Crippen molar-refractivity contribution < 1.29 is 39.7 Å². The maximum absolute atomic E-state index is 10.6. The average Bonchev–Trinajstić information content (AvgIpc) is 2.90. The van der Waals surface area contributed by atoms with E-state index in [1.807, 2.05) is 0 Å². The van der Waals surface area contributed by atoms with Crippen LogP contribution in [0.3, 0.4) is 0 Å². The van der Waals surface area contributed by atoms with Crippen LogP contribution in [-0.4, -0.2) is 16.8 Å². The van der Waals surface area contributed by atoms with E-state index in [1.165, 1.54) is 37.2 Å². The summed E-state index contributed by atoms with van der Waals surface area (Å²) in [5.74, 6) is 0. The summed E-state index contributed by atoms with van der Waals surface area (Å²) in [4.78, 5) is 0. The van der Waals surface area contributed by atoms with Gasteiger partial charge in [-0.1, -0.05) is 59.8 Å². The van der Waals surface area contributed by atoms with Gasteiger partial charge in [0, 0.05) is 0 Å². The summed E-state index contributed by atoms with van der Waals surface area (Å²) >= 11 is 1.26. The first kappa shape index (κ1) is 33.1. The van der Waals surface area contributed by atoms with E-state index in [2.05, 4.69) is 38.8 Å². The normalized spacial score (nSPS) is 13.2. The summed E-state index contributed by atoms with van der Waals surface area (Å²) in [6.07, 6.45) is 13.6. The van der Waals surface area contributed by atoms with Gasteiger partial charge in [0.15, 0.2) is 0 Å². The molecule has 3 nitrogen and oxygen atoms in total. The van der Waals surface area contributed by atoms with E-state index < -0.39 is 16.8 Å². The first-order valence-corrected chi connectivity index (χ1v) is 11.9. The fourth-order valence-corrected chi connectivity index (χ4v) is 3.28. The molecule has 0 spiro atoms. The Labute approximate surface area is 195 Å². The second kappa shape index (κ2) is 17.2. The van der Waals surface area contributed by atoms with E-state index in [1.54, 1.807) is 68.7 Å². The minimum absolute atomic E-state index is 0.549. The van der Waals surface area contributed by atoms with Gasteiger partial charge in [-0.15, -0.1) is 36.5 Å². The standard InChI is InChI=1S/C7H9.3C6H11O.Hf/c1-2-7-5-3-4-6-7;3*1-4-5-6(2,3)7;/h3,5H,2,4H2,1H3;3*4H,1,5H2,2-3H3;/q;3*-1;+3. The molecule has 4 heteroatoms. The molecule has 1 rings (SSSR count). The number of hydrogen-bond acceptors (Lipinski definition) is 3. The molecule has 29 heavy (non-hydrogen) atoms. The molecule has 0 fully saturated rings. The topological polar surface area (TPSA) is 69.2 Å². The third-order valence-electron chi connectivity index (χ3n) is 3.32. The number of allylic oxidation sites excluding steroid dienone is 4. The quantitative estimate of drug-likeness (QED) is 0.340. The molecule has 0 bridgehead atoms. The van der Waals surface area contributed by atoms with Crippen LogP contribution >= 0.6 is 0 Å². The zero-order chi connectivity index (χ0) is 23.7. The molecule has 1 aliphatic carbocycles. The van der Waals surface area contributed by atoms with Gasteiger partial charge in [-0.3, -0.25) is 0 Å². The summed E-state index contributed by atoms with van der Waals surface area (Å²) < 4.78 is 1.69. The van der Waals surface area contributed by atoms with E-state index in [9.17, 15) is 15.3 Å². The van der Waals surface area contributed by atoms with Crippen LogP contribution in [0.15, 0.2) is 59.0 Å². The molecule has 0 N–H and O–H groups in total. The van der Waals surface area contributed by atoms with Gasteiger partial charge in [-0.05, 0) is 19.3 Å². The van der Waals surface area contributed by atoms with Crippen LogP contribution in [0.25, 0.3) is 0 Å². The minimum atomic E-state index is -0.818. The zero-order valence-corrected chi connectivity index (χ0v) is 23.4. The molecule has 0 saturated heterocycles. The fourth-order valence-electron chi connectivity index (χ4n) is 1.92. The number of hydrogen-bond donors (Lipinski definition) is 0. The van der Waals surface area contributed by atoms with E-state index in [4.69, 9.17) is 0 Å². The summed E-state index contributed by atoms with van der Waals surface area (Å²) in [5.41, 5.74) is -0.859. The molecule has 0 amide bonds. The van der Waals surface area contributed by atoms with Crippen LogP contribution in [0.4, 0.5) is 0 Å². The van der Waals surface area contributed by atoms with Crippen molar-refractivity contribution in [2.24, 2.45) is 0 Å². The second-order valence-electron chi connectivity index (χ2n) is 8.72. The van der Waals surface area contributed by atoms with Crippen molar-refractivity contribution in [1.29, 1.82) is 0 Å². The third kappa shape index (κ3) is 32.3. The van der Waals surface area contributed by atoms with Gasteiger partial charge in [0.1, 0.15) is 0 Å². The van der Waals surface area contributed by atoms with Crippen molar-refractivity contribution in [3.63, 3.8) is 0 Å². The molecule has 0 heterocycles. The van der Waals surface area contributed by atoms with Crippen molar-refractivity contribution >= 4 is 0 Å². The monoisotopic (exact) mass is 570 g/mol. The van der Waals surface area contributed by atoms with Gasteiger partial charge in [0.05, 0.1) is 0 Å². The van der Waals surface area contributed by atoms with Gasteiger partial charge >= 0.3 is 65.2 Å². The van der Waals surface area contributed by atoms with Crippen LogP contribution in [0.1, 0.15) is 80.6 Å². The molecule has 0 radical (unpaired) electrons.